The average molecular weight is 409 g/mol. The molecule has 1 amide bonds. The first-order chi connectivity index (χ1) is 14.4. The Balaban J connectivity index is 2.12. The van der Waals surface area contributed by atoms with Gasteiger partial charge in [-0.15, -0.1) is 0 Å². The Morgan fingerprint density at radius 2 is 2.00 bits per heavy atom. The van der Waals surface area contributed by atoms with Gasteiger partial charge in [0.25, 0.3) is 5.91 Å². The van der Waals surface area contributed by atoms with Gasteiger partial charge in [0.05, 0.1) is 12.2 Å². The maximum absolute atomic E-state index is 12.4. The molecule has 0 spiro atoms. The number of aryl methyl sites for hydroxylation is 2. The SMILES string of the molecule is CCNC(=O)c1ccc(C)c(Nc2ncnn3c(C=O)c(C(=O)OCC)c(C)c23)c1. The third kappa shape index (κ3) is 3.73. The minimum absolute atomic E-state index is 0.0965. The molecule has 9 heteroatoms. The molecule has 0 aliphatic carbocycles. The summed E-state index contributed by atoms with van der Waals surface area (Å²) >= 11 is 0. The third-order valence-electron chi connectivity index (χ3n) is 4.69. The molecule has 0 bridgehead atoms. The zero-order chi connectivity index (χ0) is 21.8. The summed E-state index contributed by atoms with van der Waals surface area (Å²) in [6, 6.07) is 5.30. The number of nitrogens with one attached hydrogen (secondary N) is 2. The molecule has 0 radical (unpaired) electrons. The largest absolute Gasteiger partial charge is 0.462 e. The van der Waals surface area contributed by atoms with Gasteiger partial charge in [-0.05, 0) is 51.0 Å². The highest BCUT2D eigenvalue weighted by atomic mass is 16.5. The number of hydrogen-bond acceptors (Lipinski definition) is 7. The maximum Gasteiger partial charge on any atom is 0.340 e. The van der Waals surface area contributed by atoms with Gasteiger partial charge in [-0.2, -0.15) is 5.10 Å². The van der Waals surface area contributed by atoms with E-state index in [1.807, 2.05) is 19.9 Å². The molecule has 2 heterocycles. The number of esters is 1. The van der Waals surface area contributed by atoms with E-state index in [4.69, 9.17) is 4.74 Å². The lowest BCUT2D eigenvalue weighted by Crippen LogP contribution is -2.22. The van der Waals surface area contributed by atoms with Crippen molar-refractivity contribution in [3.05, 3.63) is 52.5 Å². The normalized spacial score (nSPS) is 10.7. The molecule has 2 N–H and O–H groups in total. The molecule has 3 aromatic rings. The molecule has 0 saturated carbocycles. The highest BCUT2D eigenvalue weighted by molar-refractivity contribution is 6.03. The molecule has 0 saturated heterocycles. The molecule has 1 aromatic carbocycles. The first-order valence-electron chi connectivity index (χ1n) is 9.57. The summed E-state index contributed by atoms with van der Waals surface area (Å²) in [7, 11) is 0. The van der Waals surface area contributed by atoms with Crippen LogP contribution in [-0.4, -0.2) is 45.9 Å². The van der Waals surface area contributed by atoms with Crippen molar-refractivity contribution < 1.29 is 19.1 Å². The van der Waals surface area contributed by atoms with Crippen molar-refractivity contribution in [2.45, 2.75) is 27.7 Å². The lowest BCUT2D eigenvalue weighted by molar-refractivity contribution is 0.0523. The second-order valence-corrected chi connectivity index (χ2v) is 6.61. The highest BCUT2D eigenvalue weighted by Crippen LogP contribution is 2.29. The van der Waals surface area contributed by atoms with E-state index in [0.717, 1.165) is 5.56 Å². The van der Waals surface area contributed by atoms with E-state index >= 15 is 0 Å². The van der Waals surface area contributed by atoms with Gasteiger partial charge in [0.1, 0.15) is 17.5 Å². The van der Waals surface area contributed by atoms with Crippen molar-refractivity contribution in [1.29, 1.82) is 0 Å². The second-order valence-electron chi connectivity index (χ2n) is 6.61. The summed E-state index contributed by atoms with van der Waals surface area (Å²) in [6.45, 7) is 7.86. The fourth-order valence-electron chi connectivity index (χ4n) is 3.24. The van der Waals surface area contributed by atoms with Crippen LogP contribution in [0.1, 0.15) is 56.2 Å². The van der Waals surface area contributed by atoms with Crippen LogP contribution in [0.4, 0.5) is 11.5 Å². The monoisotopic (exact) mass is 409 g/mol. The first-order valence-corrected chi connectivity index (χ1v) is 9.57. The zero-order valence-electron chi connectivity index (χ0n) is 17.3. The van der Waals surface area contributed by atoms with E-state index < -0.39 is 5.97 Å². The fourth-order valence-corrected chi connectivity index (χ4v) is 3.24. The molecule has 3 rings (SSSR count). The number of rotatable bonds is 7. The lowest BCUT2D eigenvalue weighted by atomic mass is 10.1. The van der Waals surface area contributed by atoms with Gasteiger partial charge in [-0.25, -0.2) is 14.3 Å². The zero-order valence-corrected chi connectivity index (χ0v) is 17.3. The lowest BCUT2D eigenvalue weighted by Gasteiger charge is -2.12. The van der Waals surface area contributed by atoms with Gasteiger partial charge >= 0.3 is 5.97 Å². The van der Waals surface area contributed by atoms with Crippen LogP contribution in [0.25, 0.3) is 5.52 Å². The number of ether oxygens (including phenoxy) is 1. The quantitative estimate of drug-likeness (QED) is 0.455. The Labute approximate surface area is 173 Å². The van der Waals surface area contributed by atoms with E-state index in [1.54, 1.807) is 26.0 Å². The predicted octanol–water partition coefficient (Wildman–Crippen LogP) is 2.83. The number of anilines is 2. The number of aromatic nitrogens is 3. The summed E-state index contributed by atoms with van der Waals surface area (Å²) in [5, 5.41) is 10.1. The Morgan fingerprint density at radius 1 is 1.23 bits per heavy atom. The number of nitrogens with zero attached hydrogens (tertiary/aromatic N) is 3. The summed E-state index contributed by atoms with van der Waals surface area (Å²) in [5.41, 5.74) is 3.32. The smallest absolute Gasteiger partial charge is 0.340 e. The van der Waals surface area contributed by atoms with Gasteiger partial charge in [-0.3, -0.25) is 9.59 Å². The minimum atomic E-state index is -0.594. The first kappa shape index (κ1) is 21.0. The van der Waals surface area contributed by atoms with E-state index in [0.29, 0.717) is 41.0 Å². The molecule has 0 fully saturated rings. The summed E-state index contributed by atoms with van der Waals surface area (Å²) < 4.78 is 6.47. The minimum Gasteiger partial charge on any atom is -0.462 e. The molecule has 9 nitrogen and oxygen atoms in total. The Kier molecular flexibility index (Phi) is 6.10. The van der Waals surface area contributed by atoms with Gasteiger partial charge in [-0.1, -0.05) is 6.07 Å². The van der Waals surface area contributed by atoms with Crippen molar-refractivity contribution in [3.63, 3.8) is 0 Å². The van der Waals surface area contributed by atoms with Crippen LogP contribution in [0.2, 0.25) is 0 Å². The molecule has 30 heavy (non-hydrogen) atoms. The van der Waals surface area contributed by atoms with Gasteiger partial charge in [0.2, 0.25) is 0 Å². The van der Waals surface area contributed by atoms with Crippen LogP contribution in [-0.2, 0) is 4.74 Å². The number of fused-ring (bicyclic) bond motifs is 1. The van der Waals surface area contributed by atoms with Crippen LogP contribution in [0.15, 0.2) is 24.5 Å². The van der Waals surface area contributed by atoms with Crippen LogP contribution in [0.5, 0.6) is 0 Å². The van der Waals surface area contributed by atoms with Crippen LogP contribution < -0.4 is 10.6 Å². The maximum atomic E-state index is 12.4. The molecule has 0 aliphatic rings. The standard InChI is InChI=1S/C21H23N5O4/c1-5-22-20(28)14-8-7-12(3)15(9-14)25-19-18-13(4)17(21(29)30-6-2)16(10-27)26(18)24-11-23-19/h7-11H,5-6H2,1-4H3,(H,22,28)(H,23,24,25). The van der Waals surface area contributed by atoms with Gasteiger partial charge in [0.15, 0.2) is 12.1 Å². The number of amides is 1. The van der Waals surface area contributed by atoms with Crippen molar-refractivity contribution in [3.8, 4) is 0 Å². The molecule has 2 aromatic heterocycles. The number of hydrogen-bond donors (Lipinski definition) is 2. The van der Waals surface area contributed by atoms with E-state index in [-0.39, 0.29) is 23.8 Å². The van der Waals surface area contributed by atoms with E-state index in [1.165, 1.54) is 10.8 Å². The van der Waals surface area contributed by atoms with Crippen LogP contribution >= 0.6 is 0 Å². The van der Waals surface area contributed by atoms with E-state index in [2.05, 4.69) is 20.7 Å². The van der Waals surface area contributed by atoms with Crippen molar-refractivity contribution >= 4 is 35.2 Å². The van der Waals surface area contributed by atoms with Crippen LogP contribution in [0, 0.1) is 13.8 Å². The molecule has 0 aliphatic heterocycles. The number of carbonyl (C=O) groups is 3. The molecular weight excluding hydrogens is 386 g/mol. The highest BCUT2D eigenvalue weighted by Gasteiger charge is 2.25. The average Bonchev–Trinajstić information content (AvgIpc) is 3.02. The molecule has 0 unspecified atom stereocenters. The Bertz CT molecular complexity index is 1140. The molecular formula is C21H23N5O4. The van der Waals surface area contributed by atoms with Crippen molar-refractivity contribution in [1.82, 2.24) is 19.9 Å². The summed E-state index contributed by atoms with van der Waals surface area (Å²) in [4.78, 5) is 40.6. The third-order valence-corrected chi connectivity index (χ3v) is 4.69. The molecule has 156 valence electrons. The molecule has 0 atom stereocenters. The number of aldehydes is 1. The number of carbonyl (C=O) groups excluding carboxylic acids is 3. The second kappa shape index (κ2) is 8.73. The Morgan fingerprint density at radius 3 is 2.67 bits per heavy atom. The fraction of sp³-hybridized carbons (Fsp3) is 0.286. The number of benzene rings is 1. The van der Waals surface area contributed by atoms with Crippen molar-refractivity contribution in [2.24, 2.45) is 0 Å². The predicted molar refractivity (Wildman–Crippen MR) is 112 cm³/mol. The topological polar surface area (TPSA) is 115 Å². The summed E-state index contributed by atoms with van der Waals surface area (Å²) in [6.07, 6.45) is 1.86. The van der Waals surface area contributed by atoms with Crippen LogP contribution in [0.3, 0.4) is 0 Å². The van der Waals surface area contributed by atoms with Crippen molar-refractivity contribution in [2.75, 3.05) is 18.5 Å². The van der Waals surface area contributed by atoms with E-state index in [9.17, 15) is 14.4 Å². The van der Waals surface area contributed by atoms with Gasteiger partial charge < -0.3 is 15.4 Å². The Hall–Kier alpha value is -3.75. The van der Waals surface area contributed by atoms with Gasteiger partial charge in [0, 0.05) is 17.8 Å². The summed E-state index contributed by atoms with van der Waals surface area (Å²) in [5.74, 6) is -0.375.